The minimum Gasteiger partial charge on any atom is -0.378 e. The van der Waals surface area contributed by atoms with Crippen LogP contribution in [-0.4, -0.2) is 26.5 Å². The fraction of sp³-hybridized carbons (Fsp3) is 0.238. The van der Waals surface area contributed by atoms with Gasteiger partial charge in [0.1, 0.15) is 11.6 Å². The summed E-state index contributed by atoms with van der Waals surface area (Å²) in [6.45, 7) is 0.630. The fourth-order valence-corrected chi connectivity index (χ4v) is 3.06. The van der Waals surface area contributed by atoms with Crippen molar-refractivity contribution in [2.75, 3.05) is 35.8 Å². The monoisotopic (exact) mass is 346 g/mol. The Morgan fingerprint density at radius 3 is 2.81 bits per heavy atom. The Bertz CT molecular complexity index is 880. The van der Waals surface area contributed by atoms with Crippen LogP contribution < -0.4 is 15.1 Å². The molecule has 0 bridgehead atoms. The van der Waals surface area contributed by atoms with Gasteiger partial charge in [-0.1, -0.05) is 24.3 Å². The van der Waals surface area contributed by atoms with Crippen molar-refractivity contribution in [1.29, 1.82) is 5.26 Å². The highest BCUT2D eigenvalue weighted by Gasteiger charge is 2.24. The lowest BCUT2D eigenvalue weighted by Gasteiger charge is -2.29. The lowest BCUT2D eigenvalue weighted by molar-refractivity contribution is -0.114. The van der Waals surface area contributed by atoms with Crippen molar-refractivity contribution in [2.24, 2.45) is 0 Å². The van der Waals surface area contributed by atoms with Crippen molar-refractivity contribution in [1.82, 2.24) is 0 Å². The van der Waals surface area contributed by atoms with Gasteiger partial charge in [0.25, 0.3) is 5.91 Å². The zero-order chi connectivity index (χ0) is 18.5. The molecule has 1 heterocycles. The van der Waals surface area contributed by atoms with Crippen LogP contribution >= 0.6 is 0 Å². The molecule has 0 unspecified atom stereocenters. The van der Waals surface area contributed by atoms with E-state index in [1.165, 1.54) is 6.20 Å². The number of hydrogen-bond acceptors (Lipinski definition) is 4. The number of benzene rings is 2. The summed E-state index contributed by atoms with van der Waals surface area (Å²) < 4.78 is 0. The number of nitrogens with one attached hydrogen (secondary N) is 1. The van der Waals surface area contributed by atoms with E-state index in [-0.39, 0.29) is 11.5 Å². The van der Waals surface area contributed by atoms with Crippen LogP contribution in [0.25, 0.3) is 0 Å². The number of nitrogens with zero attached hydrogens (tertiary/aromatic N) is 3. The first-order valence-electron chi connectivity index (χ1n) is 8.64. The zero-order valence-electron chi connectivity index (χ0n) is 15.1. The van der Waals surface area contributed by atoms with Gasteiger partial charge in [-0.2, -0.15) is 5.26 Å². The number of nitriles is 1. The Labute approximate surface area is 154 Å². The van der Waals surface area contributed by atoms with E-state index in [0.29, 0.717) is 6.54 Å². The molecule has 0 radical (unpaired) electrons. The van der Waals surface area contributed by atoms with Gasteiger partial charge in [0.2, 0.25) is 0 Å². The molecular formula is C21H22N4O. The number of amides is 1. The number of rotatable bonds is 4. The molecule has 0 saturated heterocycles. The fourth-order valence-electron chi connectivity index (χ4n) is 3.06. The summed E-state index contributed by atoms with van der Waals surface area (Å²) in [7, 11) is 3.93. The number of carbonyl (C=O) groups is 1. The van der Waals surface area contributed by atoms with Crippen molar-refractivity contribution in [3.8, 4) is 6.07 Å². The van der Waals surface area contributed by atoms with Gasteiger partial charge < -0.3 is 15.1 Å². The first kappa shape index (κ1) is 17.6. The van der Waals surface area contributed by atoms with Crippen LogP contribution in [0.2, 0.25) is 0 Å². The predicted molar refractivity (Wildman–Crippen MR) is 105 cm³/mol. The third-order valence-corrected chi connectivity index (χ3v) is 4.45. The van der Waals surface area contributed by atoms with Crippen molar-refractivity contribution in [3.05, 3.63) is 65.9 Å². The summed E-state index contributed by atoms with van der Waals surface area (Å²) in [5, 5.41) is 12.6. The Kier molecular flexibility index (Phi) is 5.23. The molecule has 0 saturated carbocycles. The summed E-state index contributed by atoms with van der Waals surface area (Å²) in [4.78, 5) is 16.6. The molecule has 0 spiro atoms. The molecule has 5 heteroatoms. The first-order chi connectivity index (χ1) is 12.6. The standard InChI is InChI=1S/C21H22N4O/c1-24(2)19-10-5-9-18(13-19)23-15-17(14-22)21(26)25-12-6-8-16-7-3-4-11-20(16)25/h3-5,7,9-11,13,15,23H,6,8,12H2,1-2H3/b17-15-. The van der Waals surface area contributed by atoms with E-state index >= 15 is 0 Å². The van der Waals surface area contributed by atoms with Gasteiger partial charge in [-0.25, -0.2) is 0 Å². The molecule has 1 amide bonds. The van der Waals surface area contributed by atoms with Gasteiger partial charge in [-0.15, -0.1) is 0 Å². The topological polar surface area (TPSA) is 59.4 Å². The lowest BCUT2D eigenvalue weighted by Crippen LogP contribution is -2.36. The molecular weight excluding hydrogens is 324 g/mol. The van der Waals surface area contributed by atoms with E-state index in [2.05, 4.69) is 5.32 Å². The molecule has 3 rings (SSSR count). The average Bonchev–Trinajstić information content (AvgIpc) is 2.68. The van der Waals surface area contributed by atoms with Crippen LogP contribution in [0.4, 0.5) is 17.1 Å². The SMILES string of the molecule is CN(C)c1cccc(N/C=C(/C#N)C(=O)N2CCCc3ccccc32)c1. The number of aryl methyl sites for hydroxylation is 1. The van der Waals surface area contributed by atoms with E-state index in [9.17, 15) is 10.1 Å². The Morgan fingerprint density at radius 1 is 1.23 bits per heavy atom. The van der Waals surface area contributed by atoms with E-state index in [0.717, 1.165) is 35.5 Å². The Balaban J connectivity index is 1.81. The normalized spacial score (nSPS) is 13.6. The van der Waals surface area contributed by atoms with Gasteiger partial charge in [0.05, 0.1) is 0 Å². The minimum absolute atomic E-state index is 0.0944. The second kappa shape index (κ2) is 7.75. The third kappa shape index (κ3) is 3.70. The molecule has 2 aromatic carbocycles. The third-order valence-electron chi connectivity index (χ3n) is 4.45. The molecule has 0 atom stereocenters. The summed E-state index contributed by atoms with van der Waals surface area (Å²) >= 11 is 0. The highest BCUT2D eigenvalue weighted by Crippen LogP contribution is 2.28. The average molecular weight is 346 g/mol. The summed E-state index contributed by atoms with van der Waals surface area (Å²) in [6, 6.07) is 17.7. The van der Waals surface area contributed by atoms with Gasteiger partial charge >= 0.3 is 0 Å². The van der Waals surface area contributed by atoms with Crippen LogP contribution in [0.3, 0.4) is 0 Å². The van der Waals surface area contributed by atoms with E-state index in [1.54, 1.807) is 4.90 Å². The molecule has 0 aromatic heterocycles. The maximum Gasteiger partial charge on any atom is 0.270 e. The molecule has 5 nitrogen and oxygen atoms in total. The van der Waals surface area contributed by atoms with Gasteiger partial charge in [-0.05, 0) is 42.7 Å². The van der Waals surface area contributed by atoms with E-state index < -0.39 is 0 Å². The van der Waals surface area contributed by atoms with Crippen molar-refractivity contribution >= 4 is 23.0 Å². The van der Waals surface area contributed by atoms with Crippen LogP contribution in [0, 0.1) is 11.3 Å². The molecule has 26 heavy (non-hydrogen) atoms. The van der Waals surface area contributed by atoms with Crippen LogP contribution in [0.15, 0.2) is 60.3 Å². The minimum atomic E-state index is -0.268. The predicted octanol–water partition coefficient (Wildman–Crippen LogP) is 3.55. The van der Waals surface area contributed by atoms with Gasteiger partial charge in [-0.3, -0.25) is 4.79 Å². The van der Waals surface area contributed by atoms with Gasteiger partial charge in [0.15, 0.2) is 0 Å². The number of carbonyl (C=O) groups excluding carboxylic acids is 1. The van der Waals surface area contributed by atoms with E-state index in [4.69, 9.17) is 0 Å². The molecule has 132 valence electrons. The smallest absolute Gasteiger partial charge is 0.270 e. The van der Waals surface area contributed by atoms with Crippen LogP contribution in [-0.2, 0) is 11.2 Å². The molecule has 2 aromatic rings. The molecule has 1 aliphatic heterocycles. The Morgan fingerprint density at radius 2 is 2.04 bits per heavy atom. The highest BCUT2D eigenvalue weighted by atomic mass is 16.2. The second-order valence-electron chi connectivity index (χ2n) is 6.45. The van der Waals surface area contributed by atoms with Gasteiger partial charge in [0, 0.05) is 43.9 Å². The summed E-state index contributed by atoms with van der Waals surface area (Å²) in [5.41, 5.74) is 4.02. The van der Waals surface area contributed by atoms with Crippen LogP contribution in [0.5, 0.6) is 0 Å². The van der Waals surface area contributed by atoms with Crippen LogP contribution in [0.1, 0.15) is 12.0 Å². The highest BCUT2D eigenvalue weighted by molar-refractivity contribution is 6.09. The molecule has 1 aliphatic rings. The maximum absolute atomic E-state index is 12.9. The summed E-state index contributed by atoms with van der Waals surface area (Å²) in [5.74, 6) is -0.268. The number of anilines is 3. The quantitative estimate of drug-likeness (QED) is 0.679. The molecule has 0 aliphatic carbocycles. The largest absolute Gasteiger partial charge is 0.378 e. The maximum atomic E-state index is 12.9. The molecule has 0 fully saturated rings. The zero-order valence-corrected chi connectivity index (χ0v) is 15.1. The Hall–Kier alpha value is -3.26. The van der Waals surface area contributed by atoms with Crippen molar-refractivity contribution in [2.45, 2.75) is 12.8 Å². The number of para-hydroxylation sites is 1. The number of hydrogen-bond donors (Lipinski definition) is 1. The molecule has 1 N–H and O–H groups in total. The first-order valence-corrected chi connectivity index (χ1v) is 8.64. The van der Waals surface area contributed by atoms with E-state index in [1.807, 2.05) is 73.6 Å². The van der Waals surface area contributed by atoms with Crippen molar-refractivity contribution < 1.29 is 4.79 Å². The second-order valence-corrected chi connectivity index (χ2v) is 6.45. The number of fused-ring (bicyclic) bond motifs is 1. The lowest BCUT2D eigenvalue weighted by atomic mass is 10.0. The summed E-state index contributed by atoms with van der Waals surface area (Å²) in [6.07, 6.45) is 3.36. The van der Waals surface area contributed by atoms with Crippen molar-refractivity contribution in [3.63, 3.8) is 0 Å².